The van der Waals surface area contributed by atoms with Crippen LogP contribution in [0.4, 0.5) is 0 Å². The van der Waals surface area contributed by atoms with Gasteiger partial charge in [-0.05, 0) is 53.4 Å². The average molecular weight is 386 g/mol. The van der Waals surface area contributed by atoms with Crippen molar-refractivity contribution in [3.63, 3.8) is 0 Å². The summed E-state index contributed by atoms with van der Waals surface area (Å²) in [6, 6.07) is 18.4. The van der Waals surface area contributed by atoms with Crippen LogP contribution in [0.5, 0.6) is 5.75 Å². The molecule has 0 radical (unpaired) electrons. The van der Waals surface area contributed by atoms with Gasteiger partial charge in [-0.25, -0.2) is 4.79 Å². The highest BCUT2D eigenvalue weighted by Crippen LogP contribution is 2.16. The number of nitrogens with zero attached hydrogens (tertiary/aromatic N) is 1. The molecule has 3 aromatic rings. The molecule has 0 unspecified atom stereocenters. The van der Waals surface area contributed by atoms with Gasteiger partial charge in [-0.15, -0.1) is 11.3 Å². The van der Waals surface area contributed by atoms with Crippen molar-refractivity contribution in [2.75, 3.05) is 0 Å². The van der Waals surface area contributed by atoms with E-state index in [0.29, 0.717) is 16.9 Å². The molecule has 0 aliphatic rings. The van der Waals surface area contributed by atoms with Crippen molar-refractivity contribution < 1.29 is 17.9 Å². The normalized spacial score (nSPS) is 11.4. The van der Waals surface area contributed by atoms with Gasteiger partial charge in [0.05, 0.1) is 11.8 Å². The van der Waals surface area contributed by atoms with Gasteiger partial charge in [-0.1, -0.05) is 24.3 Å². The second kappa shape index (κ2) is 7.94. The van der Waals surface area contributed by atoms with Crippen molar-refractivity contribution >= 4 is 33.5 Å². The highest BCUT2D eigenvalue weighted by atomic mass is 32.2. The Balaban J connectivity index is 1.60. The first-order valence-corrected chi connectivity index (χ1v) is 9.86. The van der Waals surface area contributed by atoms with Crippen LogP contribution in [0.2, 0.25) is 0 Å². The zero-order chi connectivity index (χ0) is 18.4. The van der Waals surface area contributed by atoms with E-state index < -0.39 is 16.0 Å². The fraction of sp³-hybridized carbons (Fsp3) is 0. The Hall–Kier alpha value is -2.97. The number of sulfonamides is 1. The molecule has 1 N–H and O–H groups in total. The van der Waals surface area contributed by atoms with Crippen molar-refractivity contribution in [1.29, 1.82) is 0 Å². The SMILES string of the molecule is O=C(Oc1ccc(/C=N/NS(=O)(=O)c2cccs2)cc1)c1ccccc1. The molecule has 3 rings (SSSR count). The number of hydrogen-bond donors (Lipinski definition) is 1. The van der Waals surface area contributed by atoms with Crippen LogP contribution in [0.3, 0.4) is 0 Å². The van der Waals surface area contributed by atoms with Crippen molar-refractivity contribution in [1.82, 2.24) is 4.83 Å². The second-order valence-electron chi connectivity index (χ2n) is 5.11. The van der Waals surface area contributed by atoms with Crippen molar-refractivity contribution in [3.05, 3.63) is 83.2 Å². The van der Waals surface area contributed by atoms with Gasteiger partial charge in [0.2, 0.25) is 0 Å². The van der Waals surface area contributed by atoms with Crippen molar-refractivity contribution in [3.8, 4) is 5.75 Å². The van der Waals surface area contributed by atoms with Crippen LogP contribution in [0.1, 0.15) is 15.9 Å². The summed E-state index contributed by atoms with van der Waals surface area (Å²) in [6.07, 6.45) is 1.37. The van der Waals surface area contributed by atoms with E-state index in [1.807, 2.05) is 6.07 Å². The van der Waals surface area contributed by atoms with Crippen LogP contribution >= 0.6 is 11.3 Å². The number of nitrogens with one attached hydrogen (secondary N) is 1. The van der Waals surface area contributed by atoms with Crippen LogP contribution in [0, 0.1) is 0 Å². The molecule has 26 heavy (non-hydrogen) atoms. The molecule has 0 aliphatic carbocycles. The van der Waals surface area contributed by atoms with E-state index in [4.69, 9.17) is 4.74 Å². The van der Waals surface area contributed by atoms with Gasteiger partial charge in [0, 0.05) is 0 Å². The Morgan fingerprint density at radius 3 is 2.38 bits per heavy atom. The molecule has 0 spiro atoms. The third kappa shape index (κ3) is 4.56. The van der Waals surface area contributed by atoms with Crippen LogP contribution in [-0.4, -0.2) is 20.6 Å². The fourth-order valence-corrected chi connectivity index (χ4v) is 3.77. The Labute approximate surface area is 154 Å². The number of benzene rings is 2. The molecule has 0 aliphatic heterocycles. The highest BCUT2D eigenvalue weighted by Gasteiger charge is 2.13. The van der Waals surface area contributed by atoms with E-state index in [1.54, 1.807) is 60.0 Å². The van der Waals surface area contributed by atoms with E-state index in [2.05, 4.69) is 9.93 Å². The topological polar surface area (TPSA) is 84.8 Å². The molecule has 0 atom stereocenters. The number of hydrogen-bond acceptors (Lipinski definition) is 6. The highest BCUT2D eigenvalue weighted by molar-refractivity contribution is 7.91. The molecule has 0 fully saturated rings. The van der Waals surface area contributed by atoms with Crippen LogP contribution < -0.4 is 9.57 Å². The third-order valence-corrected chi connectivity index (χ3v) is 5.87. The smallest absolute Gasteiger partial charge is 0.343 e. The van der Waals surface area contributed by atoms with E-state index in [-0.39, 0.29) is 4.21 Å². The zero-order valence-corrected chi connectivity index (χ0v) is 15.0. The first kappa shape index (κ1) is 17.8. The van der Waals surface area contributed by atoms with Crippen LogP contribution in [-0.2, 0) is 10.0 Å². The summed E-state index contributed by atoms with van der Waals surface area (Å²) in [4.78, 5) is 14.1. The van der Waals surface area contributed by atoms with Crippen molar-refractivity contribution in [2.24, 2.45) is 5.10 Å². The maximum absolute atomic E-state index is 12.0. The predicted molar refractivity (Wildman–Crippen MR) is 100 cm³/mol. The average Bonchev–Trinajstić information content (AvgIpc) is 3.19. The van der Waals surface area contributed by atoms with E-state index in [9.17, 15) is 13.2 Å². The van der Waals surface area contributed by atoms with Gasteiger partial charge in [-0.2, -0.15) is 18.4 Å². The largest absolute Gasteiger partial charge is 0.423 e. The lowest BCUT2D eigenvalue weighted by Crippen LogP contribution is -2.17. The summed E-state index contributed by atoms with van der Waals surface area (Å²) >= 11 is 1.11. The Morgan fingerprint density at radius 2 is 1.73 bits per heavy atom. The summed E-state index contributed by atoms with van der Waals surface area (Å²) in [7, 11) is -3.64. The number of thiophene rings is 1. The minimum atomic E-state index is -3.64. The molecular weight excluding hydrogens is 372 g/mol. The molecule has 2 aromatic carbocycles. The summed E-state index contributed by atoms with van der Waals surface area (Å²) in [5.41, 5.74) is 1.11. The second-order valence-corrected chi connectivity index (χ2v) is 7.94. The third-order valence-electron chi connectivity index (χ3n) is 3.25. The fourth-order valence-electron chi connectivity index (χ4n) is 1.99. The van der Waals surface area contributed by atoms with Crippen LogP contribution in [0.25, 0.3) is 0 Å². The monoisotopic (exact) mass is 386 g/mol. The standard InChI is InChI=1S/C18H14N2O4S2/c21-18(15-5-2-1-3-6-15)24-16-10-8-14(9-11-16)13-19-20-26(22,23)17-7-4-12-25-17/h1-13,20H/b19-13+. The molecule has 1 aromatic heterocycles. The zero-order valence-electron chi connectivity index (χ0n) is 13.4. The molecule has 132 valence electrons. The Kier molecular flexibility index (Phi) is 5.45. The Morgan fingerprint density at radius 1 is 1.00 bits per heavy atom. The van der Waals surface area contributed by atoms with Gasteiger partial charge < -0.3 is 4.74 Å². The lowest BCUT2D eigenvalue weighted by atomic mass is 10.2. The molecular formula is C18H14N2O4S2. The number of carbonyl (C=O) groups excluding carboxylic acids is 1. The maximum atomic E-state index is 12.0. The van der Waals surface area contributed by atoms with E-state index >= 15 is 0 Å². The number of ether oxygens (including phenoxy) is 1. The minimum Gasteiger partial charge on any atom is -0.423 e. The predicted octanol–water partition coefficient (Wildman–Crippen LogP) is 3.28. The van der Waals surface area contributed by atoms with Gasteiger partial charge in [0.25, 0.3) is 10.0 Å². The quantitative estimate of drug-likeness (QED) is 0.305. The molecule has 8 heteroatoms. The number of hydrazone groups is 1. The summed E-state index contributed by atoms with van der Waals surface area (Å²) in [5.74, 6) is -0.0640. The lowest BCUT2D eigenvalue weighted by molar-refractivity contribution is 0.0734. The number of rotatable bonds is 6. The number of carbonyl (C=O) groups is 1. The molecule has 0 bridgehead atoms. The molecule has 0 amide bonds. The van der Waals surface area contributed by atoms with E-state index in [1.165, 1.54) is 12.3 Å². The summed E-state index contributed by atoms with van der Waals surface area (Å²) in [5, 5.41) is 5.42. The number of esters is 1. The Bertz CT molecular complexity index is 997. The maximum Gasteiger partial charge on any atom is 0.343 e. The molecule has 0 saturated carbocycles. The lowest BCUT2D eigenvalue weighted by Gasteiger charge is -2.04. The van der Waals surface area contributed by atoms with E-state index in [0.717, 1.165) is 11.3 Å². The minimum absolute atomic E-state index is 0.192. The van der Waals surface area contributed by atoms with Gasteiger partial charge in [0.15, 0.2) is 0 Å². The summed E-state index contributed by atoms with van der Waals surface area (Å²) < 4.78 is 29.3. The first-order chi connectivity index (χ1) is 12.5. The van der Waals surface area contributed by atoms with Gasteiger partial charge in [0.1, 0.15) is 9.96 Å². The molecule has 0 saturated heterocycles. The van der Waals surface area contributed by atoms with Crippen LogP contribution in [0.15, 0.2) is 81.4 Å². The summed E-state index contributed by atoms with van der Waals surface area (Å²) in [6.45, 7) is 0. The van der Waals surface area contributed by atoms with Gasteiger partial charge >= 0.3 is 5.97 Å². The van der Waals surface area contributed by atoms with Gasteiger partial charge in [-0.3, -0.25) is 0 Å². The first-order valence-electron chi connectivity index (χ1n) is 7.50. The molecule has 6 nitrogen and oxygen atoms in total. The van der Waals surface area contributed by atoms with Crippen molar-refractivity contribution in [2.45, 2.75) is 4.21 Å². The molecule has 1 heterocycles.